The van der Waals surface area contributed by atoms with Crippen LogP contribution in [0.4, 0.5) is 5.69 Å². The van der Waals surface area contributed by atoms with Gasteiger partial charge in [-0.05, 0) is 12.1 Å². The molecule has 4 nitrogen and oxygen atoms in total. The molecule has 0 aliphatic rings. The predicted molar refractivity (Wildman–Crippen MR) is 49.2 cm³/mol. The Bertz CT molecular complexity index is 392. The van der Waals surface area contributed by atoms with E-state index in [0.717, 1.165) is 6.07 Å². The maximum Gasteiger partial charge on any atom is 0.274 e. The van der Waals surface area contributed by atoms with E-state index in [9.17, 15) is 10.1 Å². The maximum atomic E-state index is 10.6. The molecule has 0 heterocycles. The van der Waals surface area contributed by atoms with Gasteiger partial charge in [0.2, 0.25) is 0 Å². The molecule has 5 heteroatoms. The number of hydrogen-bond acceptors (Lipinski definition) is 3. The van der Waals surface area contributed by atoms with Crippen molar-refractivity contribution in [3.63, 3.8) is 0 Å². The molecule has 0 fully saturated rings. The van der Waals surface area contributed by atoms with E-state index in [0.29, 0.717) is 5.75 Å². The van der Waals surface area contributed by atoms with Crippen LogP contribution in [0.5, 0.6) is 5.75 Å². The van der Waals surface area contributed by atoms with Gasteiger partial charge >= 0.3 is 0 Å². The summed E-state index contributed by atoms with van der Waals surface area (Å²) in [5.74, 6) is -1.98. The molecule has 0 spiro atoms. The number of benzene rings is 1. The smallest absolute Gasteiger partial charge is 0.274 e. The van der Waals surface area contributed by atoms with Gasteiger partial charge in [-0.25, -0.2) is 0 Å². The van der Waals surface area contributed by atoms with Gasteiger partial charge in [0.05, 0.1) is 17.9 Å². The Labute approximate surface area is 83.0 Å². The second-order valence-corrected chi connectivity index (χ2v) is 2.42. The van der Waals surface area contributed by atoms with Gasteiger partial charge in [-0.15, -0.1) is 11.6 Å². The van der Waals surface area contributed by atoms with Crippen molar-refractivity contribution in [3.8, 4) is 5.75 Å². The number of halogens is 1. The fourth-order valence-electron chi connectivity index (χ4n) is 0.877. The number of alkyl halides is 1. The topological polar surface area (TPSA) is 52.4 Å². The summed E-state index contributed by atoms with van der Waals surface area (Å²) in [5, 5.41) is 10.6. The van der Waals surface area contributed by atoms with Gasteiger partial charge in [0.1, 0.15) is 5.75 Å². The summed E-state index contributed by atoms with van der Waals surface area (Å²) >= 11 is 5.41. The molecule has 0 atom stereocenters. The van der Waals surface area contributed by atoms with Crippen LogP contribution in [-0.2, 0) is 5.83 Å². The van der Waals surface area contributed by atoms with Crippen LogP contribution < -0.4 is 4.74 Å². The first kappa shape index (κ1) is 7.15. The zero-order chi connectivity index (χ0) is 11.6. The Hall–Kier alpha value is -1.29. The van der Waals surface area contributed by atoms with Crippen molar-refractivity contribution in [2.24, 2.45) is 0 Å². The van der Waals surface area contributed by atoms with Crippen molar-refractivity contribution in [2.75, 3.05) is 7.11 Å². The van der Waals surface area contributed by atoms with Crippen molar-refractivity contribution in [2.45, 2.75) is 5.83 Å². The third-order valence-corrected chi connectivity index (χ3v) is 1.71. The third kappa shape index (κ3) is 2.09. The normalized spacial score (nSPS) is 13.1. The number of ether oxygens (including phenoxy) is 1. The molecule has 13 heavy (non-hydrogen) atoms. The lowest BCUT2D eigenvalue weighted by molar-refractivity contribution is -0.385. The molecule has 1 rings (SSSR count). The Morgan fingerprint density at radius 3 is 2.92 bits per heavy atom. The van der Waals surface area contributed by atoms with Crippen molar-refractivity contribution in [3.05, 3.63) is 33.9 Å². The van der Waals surface area contributed by atoms with Crippen molar-refractivity contribution in [1.82, 2.24) is 0 Å². The molecule has 0 amide bonds. The first-order valence-corrected chi connectivity index (χ1v) is 3.76. The minimum atomic E-state index is -2.29. The summed E-state index contributed by atoms with van der Waals surface area (Å²) in [4.78, 5) is 9.92. The maximum absolute atomic E-state index is 10.6. The van der Waals surface area contributed by atoms with E-state index in [4.69, 9.17) is 19.1 Å². The van der Waals surface area contributed by atoms with E-state index in [1.54, 1.807) is 0 Å². The molecule has 0 aliphatic heterocycles. The molecule has 0 aliphatic carbocycles. The minimum Gasteiger partial charge on any atom is -0.497 e. The van der Waals surface area contributed by atoms with Crippen molar-refractivity contribution < 1.29 is 12.4 Å². The molecule has 0 radical (unpaired) electrons. The number of nitrogens with zero attached hydrogens (tertiary/aromatic N) is 1. The largest absolute Gasteiger partial charge is 0.497 e. The van der Waals surface area contributed by atoms with E-state index < -0.39 is 10.8 Å². The zero-order valence-electron chi connectivity index (χ0n) is 8.78. The second-order valence-electron chi connectivity index (χ2n) is 2.23. The number of hydrogen-bond donors (Lipinski definition) is 0. The van der Waals surface area contributed by atoms with E-state index in [1.165, 1.54) is 19.2 Å². The van der Waals surface area contributed by atoms with Gasteiger partial charge in [-0.2, -0.15) is 0 Å². The average Bonchev–Trinajstić information content (AvgIpc) is 2.15. The highest BCUT2D eigenvalue weighted by atomic mass is 35.5. The zero-order valence-corrected chi connectivity index (χ0v) is 7.54. The quantitative estimate of drug-likeness (QED) is 0.431. The van der Waals surface area contributed by atoms with E-state index in [1.807, 2.05) is 0 Å². The summed E-state index contributed by atoms with van der Waals surface area (Å²) in [6.45, 7) is 0. The van der Waals surface area contributed by atoms with Gasteiger partial charge in [0.15, 0.2) is 0 Å². The van der Waals surface area contributed by atoms with Crippen molar-refractivity contribution in [1.29, 1.82) is 0 Å². The second kappa shape index (κ2) is 4.09. The van der Waals surface area contributed by atoms with Crippen LogP contribution in [0.25, 0.3) is 0 Å². The Morgan fingerprint density at radius 1 is 1.77 bits per heavy atom. The standard InChI is InChI=1S/C8H8ClNO3/c1-13-7-2-3-8(10(11)12)6(4-7)5-9/h2-4H,5H2,1H3/i5D2. The van der Waals surface area contributed by atoms with Crippen LogP contribution in [0, 0.1) is 10.1 Å². The highest BCUT2D eigenvalue weighted by Gasteiger charge is 2.12. The molecule has 1 aromatic carbocycles. The molecule has 0 aromatic heterocycles. The fraction of sp³-hybridized carbons (Fsp3) is 0.250. The number of methoxy groups -OCH3 is 1. The van der Waals surface area contributed by atoms with Crippen LogP contribution in [0.2, 0.25) is 0 Å². The van der Waals surface area contributed by atoms with Crippen LogP contribution in [0.1, 0.15) is 8.30 Å². The molecule has 1 aromatic rings. The summed E-state index contributed by atoms with van der Waals surface area (Å²) in [7, 11) is 1.38. The van der Waals surface area contributed by atoms with Gasteiger partial charge in [0.25, 0.3) is 5.69 Å². The van der Waals surface area contributed by atoms with E-state index >= 15 is 0 Å². The van der Waals surface area contributed by atoms with Crippen molar-refractivity contribution >= 4 is 17.3 Å². The minimum absolute atomic E-state index is 0.214. The molecular formula is C8H8ClNO3. The van der Waals surface area contributed by atoms with Crippen LogP contribution >= 0.6 is 11.6 Å². The van der Waals surface area contributed by atoms with E-state index in [-0.39, 0.29) is 11.3 Å². The van der Waals surface area contributed by atoms with Crippen LogP contribution in [0.15, 0.2) is 18.2 Å². The molecule has 0 N–H and O–H groups in total. The Morgan fingerprint density at radius 2 is 2.46 bits per heavy atom. The highest BCUT2D eigenvalue weighted by Crippen LogP contribution is 2.24. The third-order valence-electron chi connectivity index (χ3n) is 1.50. The van der Waals surface area contributed by atoms with Gasteiger partial charge in [0, 0.05) is 14.4 Å². The average molecular weight is 204 g/mol. The van der Waals surface area contributed by atoms with Crippen LogP contribution in [-0.4, -0.2) is 12.0 Å². The summed E-state index contributed by atoms with van der Waals surface area (Å²) in [5.41, 5.74) is -0.579. The van der Waals surface area contributed by atoms with Gasteiger partial charge in [-0.1, -0.05) is 0 Å². The van der Waals surface area contributed by atoms with Gasteiger partial charge < -0.3 is 4.74 Å². The number of nitro benzene ring substituents is 1. The first-order valence-electron chi connectivity index (χ1n) is 4.38. The molecule has 0 unspecified atom stereocenters. The van der Waals surface area contributed by atoms with E-state index in [2.05, 4.69) is 0 Å². The monoisotopic (exact) mass is 203 g/mol. The number of rotatable bonds is 3. The highest BCUT2D eigenvalue weighted by molar-refractivity contribution is 6.17. The molecule has 70 valence electrons. The molecular weight excluding hydrogens is 194 g/mol. The lowest BCUT2D eigenvalue weighted by Gasteiger charge is -2.02. The fourth-order valence-corrected chi connectivity index (χ4v) is 1.03. The first-order chi connectivity index (χ1) is 6.86. The molecule has 0 saturated carbocycles. The predicted octanol–water partition coefficient (Wildman–Crippen LogP) is 2.34. The molecule has 0 saturated heterocycles. The SMILES string of the molecule is [2H]C([2H])(Cl)c1cc(OC)ccc1[N+](=O)[O-]. The summed E-state index contributed by atoms with van der Waals surface area (Å²) in [6, 6.07) is 3.75. The lowest BCUT2D eigenvalue weighted by atomic mass is 10.2. The Balaban J connectivity index is 3.36. The van der Waals surface area contributed by atoms with Gasteiger partial charge in [-0.3, -0.25) is 10.1 Å². The summed E-state index contributed by atoms with van der Waals surface area (Å²) < 4.78 is 19.3. The van der Waals surface area contributed by atoms with Crippen LogP contribution in [0.3, 0.4) is 0 Å². The number of nitro groups is 1. The Kier molecular flexibility index (Phi) is 2.25. The molecule has 0 bridgehead atoms. The lowest BCUT2D eigenvalue weighted by Crippen LogP contribution is -1.94. The summed E-state index contributed by atoms with van der Waals surface area (Å²) in [6.07, 6.45) is 0.